The fraction of sp³-hybridized carbons (Fsp3) is 0.250. The number of nitrogens with zero attached hydrogens (tertiary/aromatic N) is 1. The minimum Gasteiger partial charge on any atom is -0.359 e. The largest absolute Gasteiger partial charge is 0.359 e. The molecule has 28 heavy (non-hydrogen) atoms. The lowest BCUT2D eigenvalue weighted by molar-refractivity contribution is 0.350. The van der Waals surface area contributed by atoms with Gasteiger partial charge < -0.3 is 10.2 Å². The molecule has 5 rings (SSSR count). The zero-order valence-electron chi connectivity index (χ0n) is 15.8. The highest BCUT2D eigenvalue weighted by molar-refractivity contribution is 6.34. The molecular weight excluding hydrogens is 371 g/mol. The van der Waals surface area contributed by atoms with Crippen LogP contribution in [-0.4, -0.2) is 19.6 Å². The van der Waals surface area contributed by atoms with Crippen LogP contribution in [0, 0.1) is 12.7 Å². The van der Waals surface area contributed by atoms with Crippen molar-refractivity contribution in [3.05, 3.63) is 88.2 Å². The molecule has 0 bridgehead atoms. The first-order valence-corrected chi connectivity index (χ1v) is 10.1. The van der Waals surface area contributed by atoms with Gasteiger partial charge in [-0.3, -0.25) is 0 Å². The fourth-order valence-electron chi connectivity index (χ4n) is 4.91. The molecule has 1 N–H and O–H groups in total. The molecule has 1 saturated heterocycles. The SMILES string of the molecule is Cc1ccccc1-c1c(Cl)c(F)cc2c1C[C@]1(c3ccccc3)CNCCN21. The van der Waals surface area contributed by atoms with Crippen LogP contribution < -0.4 is 10.2 Å². The van der Waals surface area contributed by atoms with Crippen molar-refractivity contribution in [3.8, 4) is 11.1 Å². The quantitative estimate of drug-likeness (QED) is 0.635. The Kier molecular flexibility index (Phi) is 4.18. The second-order valence-electron chi connectivity index (χ2n) is 7.76. The molecule has 0 aliphatic carbocycles. The summed E-state index contributed by atoms with van der Waals surface area (Å²) < 4.78 is 15.0. The van der Waals surface area contributed by atoms with Crippen LogP contribution >= 0.6 is 11.6 Å². The van der Waals surface area contributed by atoms with E-state index in [1.54, 1.807) is 6.07 Å². The second-order valence-corrected chi connectivity index (χ2v) is 8.14. The molecule has 2 aliphatic heterocycles. The third kappa shape index (κ3) is 2.50. The lowest BCUT2D eigenvalue weighted by Gasteiger charge is -2.45. The van der Waals surface area contributed by atoms with Gasteiger partial charge in [-0.25, -0.2) is 4.39 Å². The third-order valence-electron chi connectivity index (χ3n) is 6.24. The summed E-state index contributed by atoms with van der Waals surface area (Å²) in [7, 11) is 0. The third-order valence-corrected chi connectivity index (χ3v) is 6.60. The molecule has 2 heterocycles. The minimum absolute atomic E-state index is 0.212. The molecule has 1 atom stereocenters. The van der Waals surface area contributed by atoms with Crippen LogP contribution in [0.1, 0.15) is 16.7 Å². The number of benzene rings is 3. The van der Waals surface area contributed by atoms with E-state index in [1.807, 2.05) is 24.3 Å². The standard InChI is InChI=1S/C24H22ClFN2/c1-16-7-5-6-10-18(16)22-19-14-24(17-8-3-2-4-9-17)15-27-11-12-28(24)21(19)13-20(26)23(22)25/h2-10,13,27H,11-12,14-15H2,1H3/t24-/m1/s1. The average Bonchev–Trinajstić information content (AvgIpc) is 3.06. The topological polar surface area (TPSA) is 15.3 Å². The molecule has 3 aromatic rings. The van der Waals surface area contributed by atoms with E-state index in [2.05, 4.69) is 47.5 Å². The molecule has 2 aliphatic rings. The molecule has 2 nitrogen and oxygen atoms in total. The van der Waals surface area contributed by atoms with Crippen molar-refractivity contribution in [2.75, 3.05) is 24.5 Å². The van der Waals surface area contributed by atoms with Gasteiger partial charge in [-0.15, -0.1) is 0 Å². The monoisotopic (exact) mass is 392 g/mol. The van der Waals surface area contributed by atoms with E-state index in [0.717, 1.165) is 54.0 Å². The lowest BCUT2D eigenvalue weighted by Crippen LogP contribution is -2.57. The number of anilines is 1. The highest BCUT2D eigenvalue weighted by atomic mass is 35.5. The smallest absolute Gasteiger partial charge is 0.144 e. The van der Waals surface area contributed by atoms with Crippen molar-refractivity contribution in [3.63, 3.8) is 0 Å². The number of rotatable bonds is 2. The summed E-state index contributed by atoms with van der Waals surface area (Å²) in [4.78, 5) is 2.38. The van der Waals surface area contributed by atoms with Crippen LogP contribution in [-0.2, 0) is 12.0 Å². The zero-order valence-corrected chi connectivity index (χ0v) is 16.6. The van der Waals surface area contributed by atoms with Crippen LogP contribution in [0.2, 0.25) is 5.02 Å². The van der Waals surface area contributed by atoms with Gasteiger partial charge in [0, 0.05) is 37.3 Å². The number of hydrogen-bond donors (Lipinski definition) is 1. The maximum absolute atomic E-state index is 15.0. The summed E-state index contributed by atoms with van der Waals surface area (Å²) in [5, 5.41) is 3.79. The summed E-state index contributed by atoms with van der Waals surface area (Å²) in [5.74, 6) is -0.346. The van der Waals surface area contributed by atoms with Gasteiger partial charge in [0.25, 0.3) is 0 Å². The summed E-state index contributed by atoms with van der Waals surface area (Å²) in [6.07, 6.45) is 0.809. The van der Waals surface area contributed by atoms with E-state index in [4.69, 9.17) is 11.6 Å². The van der Waals surface area contributed by atoms with E-state index in [9.17, 15) is 4.39 Å². The van der Waals surface area contributed by atoms with Crippen LogP contribution in [0.5, 0.6) is 0 Å². The van der Waals surface area contributed by atoms with Crippen molar-refractivity contribution in [1.82, 2.24) is 5.32 Å². The Bertz CT molecular complexity index is 1050. The van der Waals surface area contributed by atoms with Crippen LogP contribution in [0.3, 0.4) is 0 Å². The highest BCUT2D eigenvalue weighted by Crippen LogP contribution is 2.51. The average molecular weight is 393 g/mol. The predicted octanol–water partition coefficient (Wildman–Crippen LogP) is 5.32. The molecule has 0 aromatic heterocycles. The Balaban J connectivity index is 1.77. The van der Waals surface area contributed by atoms with Gasteiger partial charge in [0.1, 0.15) is 5.82 Å². The molecule has 0 radical (unpaired) electrons. The minimum atomic E-state index is -0.346. The molecule has 3 aromatic carbocycles. The lowest BCUT2D eigenvalue weighted by atomic mass is 9.83. The number of hydrogen-bond acceptors (Lipinski definition) is 2. The Labute approximate surface area is 170 Å². The van der Waals surface area contributed by atoms with Gasteiger partial charge in [0.2, 0.25) is 0 Å². The second kappa shape index (κ2) is 6.61. The molecule has 0 saturated carbocycles. The number of halogens is 2. The van der Waals surface area contributed by atoms with E-state index >= 15 is 0 Å². The maximum atomic E-state index is 15.0. The Morgan fingerprint density at radius 1 is 1.07 bits per heavy atom. The number of piperazine rings is 1. The number of fused-ring (bicyclic) bond motifs is 3. The van der Waals surface area contributed by atoms with Crippen molar-refractivity contribution in [2.24, 2.45) is 0 Å². The van der Waals surface area contributed by atoms with E-state index < -0.39 is 0 Å². The summed E-state index contributed by atoms with van der Waals surface area (Å²) in [6, 6.07) is 20.3. The molecule has 0 amide bonds. The van der Waals surface area contributed by atoms with Crippen molar-refractivity contribution >= 4 is 17.3 Å². The van der Waals surface area contributed by atoms with E-state index in [-0.39, 0.29) is 16.4 Å². The summed E-state index contributed by atoms with van der Waals surface area (Å²) in [5.41, 5.74) is 6.13. The number of nitrogens with one attached hydrogen (secondary N) is 1. The van der Waals surface area contributed by atoms with Crippen molar-refractivity contribution in [1.29, 1.82) is 0 Å². The molecule has 4 heteroatoms. The van der Waals surface area contributed by atoms with E-state index in [1.165, 1.54) is 5.56 Å². The molecule has 1 fully saturated rings. The number of aryl methyl sites for hydroxylation is 1. The van der Waals surface area contributed by atoms with Gasteiger partial charge in [0.15, 0.2) is 0 Å². The van der Waals surface area contributed by atoms with Gasteiger partial charge in [-0.05, 0) is 35.2 Å². The molecule has 0 spiro atoms. The van der Waals surface area contributed by atoms with Gasteiger partial charge >= 0.3 is 0 Å². The van der Waals surface area contributed by atoms with Gasteiger partial charge in [0.05, 0.1) is 10.6 Å². The zero-order chi connectivity index (χ0) is 19.3. The van der Waals surface area contributed by atoms with Crippen LogP contribution in [0.25, 0.3) is 11.1 Å². The van der Waals surface area contributed by atoms with Crippen molar-refractivity contribution in [2.45, 2.75) is 18.9 Å². The summed E-state index contributed by atoms with van der Waals surface area (Å²) >= 11 is 6.56. The highest BCUT2D eigenvalue weighted by Gasteiger charge is 2.48. The van der Waals surface area contributed by atoms with Gasteiger partial charge in [-0.1, -0.05) is 66.2 Å². The van der Waals surface area contributed by atoms with Gasteiger partial charge in [-0.2, -0.15) is 0 Å². The summed E-state index contributed by atoms with van der Waals surface area (Å²) in [6.45, 7) is 4.62. The first-order valence-electron chi connectivity index (χ1n) is 9.72. The molecule has 0 unspecified atom stereocenters. The Morgan fingerprint density at radius 2 is 1.82 bits per heavy atom. The van der Waals surface area contributed by atoms with Crippen LogP contribution in [0.4, 0.5) is 10.1 Å². The first-order chi connectivity index (χ1) is 13.6. The molecule has 142 valence electrons. The van der Waals surface area contributed by atoms with Crippen LogP contribution in [0.15, 0.2) is 60.7 Å². The van der Waals surface area contributed by atoms with E-state index in [0.29, 0.717) is 0 Å². The molecular formula is C24H22ClFN2. The predicted molar refractivity (Wildman–Crippen MR) is 114 cm³/mol. The Hall–Kier alpha value is -2.36. The maximum Gasteiger partial charge on any atom is 0.144 e. The first kappa shape index (κ1) is 17.7. The normalized spacial score (nSPS) is 20.8. The Morgan fingerprint density at radius 3 is 2.61 bits per heavy atom. The van der Waals surface area contributed by atoms with Crippen molar-refractivity contribution < 1.29 is 4.39 Å². The fourth-order valence-corrected chi connectivity index (χ4v) is 5.18.